The van der Waals surface area contributed by atoms with Crippen LogP contribution in [0.15, 0.2) is 54.6 Å². The fraction of sp³-hybridized carbons (Fsp3) is 0.188. The summed E-state index contributed by atoms with van der Waals surface area (Å²) in [6.07, 6.45) is 0. The van der Waals surface area contributed by atoms with Gasteiger partial charge in [0.1, 0.15) is 12.1 Å². The van der Waals surface area contributed by atoms with E-state index < -0.39 is 11.5 Å². The molecule has 0 saturated heterocycles. The summed E-state index contributed by atoms with van der Waals surface area (Å²) >= 11 is 6.02. The van der Waals surface area contributed by atoms with E-state index >= 15 is 0 Å². The predicted molar refractivity (Wildman–Crippen MR) is 79.2 cm³/mol. The lowest BCUT2D eigenvalue weighted by molar-refractivity contribution is -0.151. The molecular weight excluding hydrogens is 274 g/mol. The van der Waals surface area contributed by atoms with Crippen LogP contribution in [0.4, 0.5) is 0 Å². The molecule has 0 bridgehead atoms. The second-order valence-corrected chi connectivity index (χ2v) is 5.14. The SMILES string of the molecule is CC(N)(C(=O)OCc1ccccc1Cl)c1ccccc1. The van der Waals surface area contributed by atoms with E-state index in [9.17, 15) is 4.79 Å². The summed E-state index contributed by atoms with van der Waals surface area (Å²) in [6.45, 7) is 1.75. The Kier molecular flexibility index (Phi) is 4.42. The number of ether oxygens (including phenoxy) is 1. The van der Waals surface area contributed by atoms with Gasteiger partial charge in [0.25, 0.3) is 0 Å². The lowest BCUT2D eigenvalue weighted by atomic mass is 9.93. The molecule has 2 rings (SSSR count). The van der Waals surface area contributed by atoms with Gasteiger partial charge in [-0.2, -0.15) is 0 Å². The quantitative estimate of drug-likeness (QED) is 0.879. The van der Waals surface area contributed by atoms with E-state index in [2.05, 4.69) is 0 Å². The molecule has 2 aromatic carbocycles. The van der Waals surface area contributed by atoms with E-state index in [4.69, 9.17) is 22.1 Å². The van der Waals surface area contributed by atoms with Crippen LogP contribution in [0.2, 0.25) is 5.02 Å². The van der Waals surface area contributed by atoms with Gasteiger partial charge in [0.2, 0.25) is 0 Å². The van der Waals surface area contributed by atoms with Gasteiger partial charge in [0.05, 0.1) is 0 Å². The summed E-state index contributed by atoms with van der Waals surface area (Å²) in [4.78, 5) is 12.2. The Bertz CT molecular complexity index is 596. The smallest absolute Gasteiger partial charge is 0.330 e. The molecule has 0 aliphatic rings. The van der Waals surface area contributed by atoms with E-state index in [0.717, 1.165) is 5.56 Å². The van der Waals surface area contributed by atoms with Crippen molar-refractivity contribution in [2.45, 2.75) is 19.1 Å². The standard InChI is InChI=1S/C16H16ClNO2/c1-16(18,13-8-3-2-4-9-13)15(19)20-11-12-7-5-6-10-14(12)17/h2-10H,11,18H2,1H3. The Labute approximate surface area is 123 Å². The Hall–Kier alpha value is -1.84. The lowest BCUT2D eigenvalue weighted by Gasteiger charge is -2.23. The number of carbonyl (C=O) groups is 1. The van der Waals surface area contributed by atoms with Crippen LogP contribution in [0.1, 0.15) is 18.1 Å². The summed E-state index contributed by atoms with van der Waals surface area (Å²) in [5.41, 5.74) is 6.37. The second-order valence-electron chi connectivity index (χ2n) is 4.74. The molecule has 104 valence electrons. The molecule has 0 fully saturated rings. The average Bonchev–Trinajstić information content (AvgIpc) is 2.47. The first kappa shape index (κ1) is 14.6. The van der Waals surface area contributed by atoms with Crippen molar-refractivity contribution in [2.24, 2.45) is 5.73 Å². The van der Waals surface area contributed by atoms with Crippen molar-refractivity contribution in [1.29, 1.82) is 0 Å². The molecule has 0 amide bonds. The molecule has 0 aromatic heterocycles. The first-order chi connectivity index (χ1) is 9.51. The van der Waals surface area contributed by atoms with Crippen LogP contribution >= 0.6 is 11.6 Å². The number of halogens is 1. The number of rotatable bonds is 4. The molecule has 0 aliphatic heterocycles. The van der Waals surface area contributed by atoms with Crippen molar-refractivity contribution in [3.05, 3.63) is 70.7 Å². The fourth-order valence-electron chi connectivity index (χ4n) is 1.81. The highest BCUT2D eigenvalue weighted by Crippen LogP contribution is 2.21. The third-order valence-electron chi connectivity index (χ3n) is 3.11. The van der Waals surface area contributed by atoms with Crippen molar-refractivity contribution in [3.8, 4) is 0 Å². The van der Waals surface area contributed by atoms with Gasteiger partial charge in [0.15, 0.2) is 0 Å². The van der Waals surface area contributed by atoms with Crippen LogP contribution in [0, 0.1) is 0 Å². The Morgan fingerprint density at radius 3 is 2.40 bits per heavy atom. The first-order valence-corrected chi connectivity index (χ1v) is 6.64. The first-order valence-electron chi connectivity index (χ1n) is 6.27. The van der Waals surface area contributed by atoms with Crippen LogP contribution in [0.3, 0.4) is 0 Å². The van der Waals surface area contributed by atoms with E-state index in [0.29, 0.717) is 10.6 Å². The topological polar surface area (TPSA) is 52.3 Å². The van der Waals surface area contributed by atoms with Crippen LogP contribution in [-0.4, -0.2) is 5.97 Å². The summed E-state index contributed by atoms with van der Waals surface area (Å²) in [6, 6.07) is 16.4. The molecule has 1 unspecified atom stereocenters. The summed E-state index contributed by atoms with van der Waals surface area (Å²) in [5.74, 6) is -0.483. The fourth-order valence-corrected chi connectivity index (χ4v) is 2.00. The van der Waals surface area contributed by atoms with E-state index in [1.54, 1.807) is 25.1 Å². The van der Waals surface area contributed by atoms with E-state index in [-0.39, 0.29) is 6.61 Å². The monoisotopic (exact) mass is 289 g/mol. The second kappa shape index (κ2) is 6.07. The molecular formula is C16H16ClNO2. The zero-order valence-corrected chi connectivity index (χ0v) is 11.9. The molecule has 2 N–H and O–H groups in total. The van der Waals surface area contributed by atoms with Crippen molar-refractivity contribution in [1.82, 2.24) is 0 Å². The summed E-state index contributed by atoms with van der Waals surface area (Å²) in [5, 5.41) is 0.568. The van der Waals surface area contributed by atoms with E-state index in [1.807, 2.05) is 36.4 Å². The maximum atomic E-state index is 12.2. The molecule has 0 saturated carbocycles. The molecule has 4 heteroatoms. The molecule has 0 heterocycles. The van der Waals surface area contributed by atoms with Crippen LogP contribution in [0.5, 0.6) is 0 Å². The van der Waals surface area contributed by atoms with Gasteiger partial charge in [-0.25, -0.2) is 4.79 Å². The zero-order valence-electron chi connectivity index (χ0n) is 11.2. The summed E-state index contributed by atoms with van der Waals surface area (Å²) in [7, 11) is 0. The molecule has 0 aliphatic carbocycles. The normalized spacial score (nSPS) is 13.6. The predicted octanol–water partition coefficient (Wildman–Crippen LogP) is 3.26. The molecule has 20 heavy (non-hydrogen) atoms. The van der Waals surface area contributed by atoms with E-state index in [1.165, 1.54) is 0 Å². The zero-order chi connectivity index (χ0) is 14.6. The Morgan fingerprint density at radius 2 is 1.75 bits per heavy atom. The highest BCUT2D eigenvalue weighted by molar-refractivity contribution is 6.31. The van der Waals surface area contributed by atoms with Crippen LogP contribution in [-0.2, 0) is 21.7 Å². The lowest BCUT2D eigenvalue weighted by Crippen LogP contribution is -2.43. The highest BCUT2D eigenvalue weighted by Gasteiger charge is 2.32. The Morgan fingerprint density at radius 1 is 1.15 bits per heavy atom. The number of esters is 1. The number of nitrogens with two attached hydrogens (primary N) is 1. The molecule has 3 nitrogen and oxygen atoms in total. The molecule has 2 aromatic rings. The van der Waals surface area contributed by atoms with Crippen molar-refractivity contribution in [2.75, 3.05) is 0 Å². The maximum Gasteiger partial charge on any atom is 0.330 e. The molecule has 0 radical (unpaired) electrons. The number of benzene rings is 2. The third-order valence-corrected chi connectivity index (χ3v) is 3.48. The minimum atomic E-state index is -1.18. The third kappa shape index (κ3) is 3.18. The van der Waals surface area contributed by atoms with Crippen molar-refractivity contribution < 1.29 is 9.53 Å². The van der Waals surface area contributed by atoms with Crippen molar-refractivity contribution >= 4 is 17.6 Å². The van der Waals surface area contributed by atoms with Gasteiger partial charge in [-0.1, -0.05) is 60.1 Å². The van der Waals surface area contributed by atoms with Crippen molar-refractivity contribution in [3.63, 3.8) is 0 Å². The average molecular weight is 290 g/mol. The minimum Gasteiger partial charge on any atom is -0.459 e. The van der Waals surface area contributed by atoms with Crippen LogP contribution in [0.25, 0.3) is 0 Å². The maximum absolute atomic E-state index is 12.2. The number of carbonyl (C=O) groups excluding carboxylic acids is 1. The van der Waals surface area contributed by atoms with Gasteiger partial charge in [0, 0.05) is 10.6 Å². The largest absolute Gasteiger partial charge is 0.459 e. The summed E-state index contributed by atoms with van der Waals surface area (Å²) < 4.78 is 5.28. The number of hydrogen-bond acceptors (Lipinski definition) is 3. The van der Waals surface area contributed by atoms with Gasteiger partial charge in [-0.05, 0) is 18.6 Å². The Balaban J connectivity index is 2.07. The van der Waals surface area contributed by atoms with Gasteiger partial charge in [-0.15, -0.1) is 0 Å². The van der Waals surface area contributed by atoms with Gasteiger partial charge >= 0.3 is 5.97 Å². The molecule has 0 spiro atoms. The van der Waals surface area contributed by atoms with Gasteiger partial charge in [-0.3, -0.25) is 0 Å². The molecule has 1 atom stereocenters. The van der Waals surface area contributed by atoms with Crippen LogP contribution < -0.4 is 5.73 Å². The minimum absolute atomic E-state index is 0.109. The van der Waals surface area contributed by atoms with Gasteiger partial charge < -0.3 is 10.5 Å². The highest BCUT2D eigenvalue weighted by atomic mass is 35.5. The number of hydrogen-bond donors (Lipinski definition) is 1.